The number of ether oxygens (including phenoxy) is 2. The van der Waals surface area contributed by atoms with Crippen molar-refractivity contribution in [3.8, 4) is 11.5 Å². The SMILES string of the molecule is CCC(NC(=O)C1COc2ccccc2C1)c1ccccc1OC. The maximum atomic E-state index is 12.7. The Balaban J connectivity index is 1.72. The molecule has 2 atom stereocenters. The highest BCUT2D eigenvalue weighted by Crippen LogP contribution is 2.29. The Kier molecular flexibility index (Phi) is 5.04. The first-order valence-electron chi connectivity index (χ1n) is 8.37. The number of hydrogen-bond donors (Lipinski definition) is 1. The van der Waals surface area contributed by atoms with E-state index in [0.29, 0.717) is 13.0 Å². The van der Waals surface area contributed by atoms with Gasteiger partial charge in [-0.15, -0.1) is 0 Å². The van der Waals surface area contributed by atoms with Crippen molar-refractivity contribution in [3.05, 3.63) is 59.7 Å². The molecule has 0 bridgehead atoms. The van der Waals surface area contributed by atoms with Crippen LogP contribution in [0.3, 0.4) is 0 Å². The minimum Gasteiger partial charge on any atom is -0.496 e. The molecular formula is C20H23NO3. The van der Waals surface area contributed by atoms with Crippen molar-refractivity contribution in [1.82, 2.24) is 5.32 Å². The second kappa shape index (κ2) is 7.39. The molecule has 4 nitrogen and oxygen atoms in total. The monoisotopic (exact) mass is 325 g/mol. The van der Waals surface area contributed by atoms with E-state index in [4.69, 9.17) is 9.47 Å². The second-order valence-electron chi connectivity index (χ2n) is 6.03. The topological polar surface area (TPSA) is 47.6 Å². The maximum Gasteiger partial charge on any atom is 0.227 e. The fraction of sp³-hybridized carbons (Fsp3) is 0.350. The van der Waals surface area contributed by atoms with Gasteiger partial charge in [0.15, 0.2) is 0 Å². The average Bonchev–Trinajstić information content (AvgIpc) is 2.65. The summed E-state index contributed by atoms with van der Waals surface area (Å²) in [5.74, 6) is 1.55. The Morgan fingerprint density at radius 1 is 1.25 bits per heavy atom. The van der Waals surface area contributed by atoms with E-state index in [0.717, 1.165) is 29.0 Å². The summed E-state index contributed by atoms with van der Waals surface area (Å²) in [6, 6.07) is 15.7. The van der Waals surface area contributed by atoms with Gasteiger partial charge in [-0.25, -0.2) is 0 Å². The second-order valence-corrected chi connectivity index (χ2v) is 6.03. The molecule has 4 heteroatoms. The highest BCUT2D eigenvalue weighted by molar-refractivity contribution is 5.80. The van der Waals surface area contributed by atoms with E-state index in [-0.39, 0.29) is 17.9 Å². The molecular weight excluding hydrogens is 302 g/mol. The van der Waals surface area contributed by atoms with Gasteiger partial charge in [0.2, 0.25) is 5.91 Å². The van der Waals surface area contributed by atoms with Crippen LogP contribution in [0.15, 0.2) is 48.5 Å². The minimum atomic E-state index is -0.163. The van der Waals surface area contributed by atoms with Gasteiger partial charge < -0.3 is 14.8 Å². The lowest BCUT2D eigenvalue weighted by Crippen LogP contribution is -2.39. The molecule has 1 amide bonds. The van der Waals surface area contributed by atoms with Gasteiger partial charge in [0.25, 0.3) is 0 Å². The number of amides is 1. The third-order valence-corrected chi connectivity index (χ3v) is 4.49. The van der Waals surface area contributed by atoms with Crippen molar-refractivity contribution in [2.75, 3.05) is 13.7 Å². The summed E-state index contributed by atoms with van der Waals surface area (Å²) in [7, 11) is 1.65. The van der Waals surface area contributed by atoms with E-state index in [2.05, 4.69) is 12.2 Å². The number of nitrogens with one attached hydrogen (secondary N) is 1. The Morgan fingerprint density at radius 2 is 2.00 bits per heavy atom. The number of rotatable bonds is 5. The number of benzene rings is 2. The summed E-state index contributed by atoms with van der Waals surface area (Å²) in [5.41, 5.74) is 2.10. The summed E-state index contributed by atoms with van der Waals surface area (Å²) in [6.07, 6.45) is 1.51. The van der Waals surface area contributed by atoms with Crippen LogP contribution in [0, 0.1) is 5.92 Å². The largest absolute Gasteiger partial charge is 0.496 e. The minimum absolute atomic E-state index is 0.0299. The van der Waals surface area contributed by atoms with Gasteiger partial charge in [0, 0.05) is 5.56 Å². The highest BCUT2D eigenvalue weighted by Gasteiger charge is 2.27. The molecule has 0 aromatic heterocycles. The molecule has 1 aliphatic heterocycles. The first-order chi connectivity index (χ1) is 11.7. The summed E-state index contributed by atoms with van der Waals surface area (Å²) >= 11 is 0. The molecule has 2 unspecified atom stereocenters. The van der Waals surface area contributed by atoms with Crippen molar-refractivity contribution in [3.63, 3.8) is 0 Å². The van der Waals surface area contributed by atoms with E-state index in [1.54, 1.807) is 7.11 Å². The number of fused-ring (bicyclic) bond motifs is 1. The van der Waals surface area contributed by atoms with Crippen LogP contribution < -0.4 is 14.8 Å². The molecule has 1 aliphatic rings. The number of hydrogen-bond acceptors (Lipinski definition) is 3. The van der Waals surface area contributed by atoms with Crippen LogP contribution in [0.4, 0.5) is 0 Å². The van der Waals surface area contributed by atoms with Crippen LogP contribution in [-0.4, -0.2) is 19.6 Å². The molecule has 1 N–H and O–H groups in total. The summed E-state index contributed by atoms with van der Waals surface area (Å²) in [6.45, 7) is 2.48. The number of carbonyl (C=O) groups is 1. The molecule has 2 aromatic rings. The Hall–Kier alpha value is -2.49. The van der Waals surface area contributed by atoms with Crippen LogP contribution in [0.5, 0.6) is 11.5 Å². The van der Waals surface area contributed by atoms with Crippen LogP contribution >= 0.6 is 0 Å². The first kappa shape index (κ1) is 16.4. The molecule has 3 rings (SSSR count). The van der Waals surface area contributed by atoms with Gasteiger partial charge in [-0.1, -0.05) is 43.3 Å². The lowest BCUT2D eigenvalue weighted by atomic mass is 9.95. The van der Waals surface area contributed by atoms with E-state index >= 15 is 0 Å². The van der Waals surface area contributed by atoms with Crippen molar-refractivity contribution >= 4 is 5.91 Å². The molecule has 0 radical (unpaired) electrons. The third-order valence-electron chi connectivity index (χ3n) is 4.49. The van der Waals surface area contributed by atoms with Crippen molar-refractivity contribution < 1.29 is 14.3 Å². The lowest BCUT2D eigenvalue weighted by Gasteiger charge is -2.27. The predicted molar refractivity (Wildman–Crippen MR) is 93.3 cm³/mol. The van der Waals surface area contributed by atoms with Crippen LogP contribution in [0.25, 0.3) is 0 Å². The molecule has 0 spiro atoms. The van der Waals surface area contributed by atoms with E-state index in [9.17, 15) is 4.79 Å². The van der Waals surface area contributed by atoms with Gasteiger partial charge in [-0.2, -0.15) is 0 Å². The van der Waals surface area contributed by atoms with Crippen molar-refractivity contribution in [2.45, 2.75) is 25.8 Å². The van der Waals surface area contributed by atoms with E-state index < -0.39 is 0 Å². The van der Waals surface area contributed by atoms with E-state index in [1.165, 1.54) is 0 Å². The summed E-state index contributed by atoms with van der Waals surface area (Å²) in [4.78, 5) is 12.7. The van der Waals surface area contributed by atoms with Gasteiger partial charge in [0.05, 0.1) is 19.1 Å². The lowest BCUT2D eigenvalue weighted by molar-refractivity contribution is -0.127. The zero-order valence-corrected chi connectivity index (χ0v) is 14.1. The van der Waals surface area contributed by atoms with Crippen LogP contribution in [0.1, 0.15) is 30.5 Å². The van der Waals surface area contributed by atoms with Crippen LogP contribution in [-0.2, 0) is 11.2 Å². The normalized spacial score (nSPS) is 17.3. The zero-order chi connectivity index (χ0) is 16.9. The van der Waals surface area contributed by atoms with E-state index in [1.807, 2.05) is 48.5 Å². The molecule has 126 valence electrons. The zero-order valence-electron chi connectivity index (χ0n) is 14.1. The molecule has 0 fully saturated rings. The molecule has 1 heterocycles. The average molecular weight is 325 g/mol. The molecule has 0 saturated carbocycles. The fourth-order valence-electron chi connectivity index (χ4n) is 3.14. The van der Waals surface area contributed by atoms with Gasteiger partial charge in [0.1, 0.15) is 18.1 Å². The highest BCUT2D eigenvalue weighted by atomic mass is 16.5. The molecule has 0 aliphatic carbocycles. The van der Waals surface area contributed by atoms with Crippen molar-refractivity contribution in [1.29, 1.82) is 0 Å². The van der Waals surface area contributed by atoms with Crippen LogP contribution in [0.2, 0.25) is 0 Å². The molecule has 2 aromatic carbocycles. The summed E-state index contributed by atoms with van der Waals surface area (Å²) < 4.78 is 11.2. The van der Waals surface area contributed by atoms with Gasteiger partial charge in [-0.05, 0) is 30.5 Å². The molecule has 24 heavy (non-hydrogen) atoms. The predicted octanol–water partition coefficient (Wildman–Crippen LogP) is 3.51. The summed E-state index contributed by atoms with van der Waals surface area (Å²) in [5, 5.41) is 3.16. The first-order valence-corrected chi connectivity index (χ1v) is 8.37. The standard InChI is InChI=1S/C20H23NO3/c1-3-17(16-9-5-7-11-19(16)23-2)21-20(22)15-12-14-8-4-6-10-18(14)24-13-15/h4-11,15,17H,3,12-13H2,1-2H3,(H,21,22). The van der Waals surface area contributed by atoms with Gasteiger partial charge in [-0.3, -0.25) is 4.79 Å². The fourth-order valence-corrected chi connectivity index (χ4v) is 3.14. The smallest absolute Gasteiger partial charge is 0.227 e. The van der Waals surface area contributed by atoms with Crippen molar-refractivity contribution in [2.24, 2.45) is 5.92 Å². The Bertz CT molecular complexity index is 714. The Labute approximate surface area is 142 Å². The number of carbonyl (C=O) groups excluding carboxylic acids is 1. The molecule has 0 saturated heterocycles. The maximum absolute atomic E-state index is 12.7. The number of methoxy groups -OCH3 is 1. The third kappa shape index (κ3) is 3.37. The quantitative estimate of drug-likeness (QED) is 0.915. The number of para-hydroxylation sites is 2. The Morgan fingerprint density at radius 3 is 2.79 bits per heavy atom. The van der Waals surface area contributed by atoms with Gasteiger partial charge >= 0.3 is 0 Å².